The first-order valence-corrected chi connectivity index (χ1v) is 8.87. The molecule has 3 rings (SSSR count). The summed E-state index contributed by atoms with van der Waals surface area (Å²) in [6, 6.07) is 10.9. The van der Waals surface area contributed by atoms with E-state index in [1.54, 1.807) is 19.2 Å². The molecule has 0 saturated carbocycles. The average molecular weight is 356 g/mol. The third kappa shape index (κ3) is 4.88. The van der Waals surface area contributed by atoms with Gasteiger partial charge in [0.1, 0.15) is 5.82 Å². The van der Waals surface area contributed by atoms with Crippen LogP contribution in [0.2, 0.25) is 0 Å². The number of aromatic nitrogens is 1. The maximum absolute atomic E-state index is 13.1. The Balaban J connectivity index is 1.66. The first-order valence-electron chi connectivity index (χ1n) is 8.87. The van der Waals surface area contributed by atoms with Crippen LogP contribution in [-0.2, 0) is 4.84 Å². The third-order valence-corrected chi connectivity index (χ3v) is 4.58. The third-order valence-electron chi connectivity index (χ3n) is 4.58. The van der Waals surface area contributed by atoms with Crippen molar-refractivity contribution in [1.29, 1.82) is 0 Å². The number of pyridine rings is 1. The molecule has 1 saturated heterocycles. The maximum Gasteiger partial charge on any atom is 0.123 e. The van der Waals surface area contributed by atoms with E-state index in [1.807, 2.05) is 12.4 Å². The Morgan fingerprint density at radius 2 is 2.08 bits per heavy atom. The molecule has 1 atom stereocenters. The smallest absolute Gasteiger partial charge is 0.123 e. The lowest BCUT2D eigenvalue weighted by atomic mass is 10.0. The van der Waals surface area contributed by atoms with Crippen LogP contribution in [0.5, 0.6) is 0 Å². The molecule has 0 radical (unpaired) electrons. The van der Waals surface area contributed by atoms with E-state index in [0.717, 1.165) is 43.9 Å². The van der Waals surface area contributed by atoms with Crippen LogP contribution in [-0.4, -0.2) is 43.2 Å². The summed E-state index contributed by atoms with van der Waals surface area (Å²) in [4.78, 5) is 11.7. The van der Waals surface area contributed by atoms with Gasteiger partial charge in [0, 0.05) is 44.6 Å². The van der Waals surface area contributed by atoms with Gasteiger partial charge < -0.3 is 5.32 Å². The first kappa shape index (κ1) is 18.5. The van der Waals surface area contributed by atoms with Crippen molar-refractivity contribution in [2.45, 2.75) is 12.5 Å². The van der Waals surface area contributed by atoms with E-state index in [4.69, 9.17) is 4.84 Å². The van der Waals surface area contributed by atoms with E-state index in [1.165, 1.54) is 17.7 Å². The molecule has 2 heterocycles. The van der Waals surface area contributed by atoms with Crippen LogP contribution < -0.4 is 10.8 Å². The van der Waals surface area contributed by atoms with Gasteiger partial charge >= 0.3 is 0 Å². The summed E-state index contributed by atoms with van der Waals surface area (Å²) in [7, 11) is 1.58. The molecular formula is C20H25FN4O. The fourth-order valence-electron chi connectivity index (χ4n) is 3.26. The fraction of sp³-hybridized carbons (Fsp3) is 0.350. The molecule has 1 aromatic heterocycles. The Labute approximate surface area is 153 Å². The Morgan fingerprint density at radius 1 is 1.31 bits per heavy atom. The summed E-state index contributed by atoms with van der Waals surface area (Å²) < 4.78 is 13.1. The highest BCUT2D eigenvalue weighted by atomic mass is 19.1. The first-order chi connectivity index (χ1) is 12.8. The van der Waals surface area contributed by atoms with E-state index in [9.17, 15) is 4.39 Å². The molecular weight excluding hydrogens is 331 g/mol. The van der Waals surface area contributed by atoms with Crippen molar-refractivity contribution in [2.24, 2.45) is 0 Å². The number of hydrogen-bond donors (Lipinski definition) is 2. The van der Waals surface area contributed by atoms with Crippen molar-refractivity contribution in [1.82, 2.24) is 20.7 Å². The monoisotopic (exact) mass is 356 g/mol. The zero-order valence-corrected chi connectivity index (χ0v) is 15.0. The summed E-state index contributed by atoms with van der Waals surface area (Å²) in [6.45, 7) is 3.87. The highest BCUT2D eigenvalue weighted by molar-refractivity contribution is 5.62. The van der Waals surface area contributed by atoms with Gasteiger partial charge in [0.05, 0.1) is 12.8 Å². The van der Waals surface area contributed by atoms with Gasteiger partial charge in [-0.1, -0.05) is 6.08 Å². The number of rotatable bonds is 7. The Hall–Kier alpha value is -2.28. The highest BCUT2D eigenvalue weighted by Crippen LogP contribution is 2.22. The van der Waals surface area contributed by atoms with Crippen molar-refractivity contribution < 1.29 is 9.23 Å². The lowest BCUT2D eigenvalue weighted by Gasteiger charge is -2.36. The Morgan fingerprint density at radius 3 is 2.81 bits per heavy atom. The molecule has 0 amide bonds. The molecule has 0 bridgehead atoms. The van der Waals surface area contributed by atoms with Gasteiger partial charge in [-0.2, -0.15) is 0 Å². The molecule has 0 aliphatic carbocycles. The quantitative estimate of drug-likeness (QED) is 0.747. The molecule has 26 heavy (non-hydrogen) atoms. The molecule has 6 heteroatoms. The zero-order chi connectivity index (χ0) is 18.2. The summed E-state index contributed by atoms with van der Waals surface area (Å²) in [5, 5.41) is 3.47. The van der Waals surface area contributed by atoms with E-state index in [-0.39, 0.29) is 5.82 Å². The molecule has 0 spiro atoms. The number of piperazine rings is 1. The van der Waals surface area contributed by atoms with Crippen molar-refractivity contribution in [2.75, 3.05) is 33.3 Å². The largest absolute Gasteiger partial charge is 0.314 e. The van der Waals surface area contributed by atoms with Crippen LogP contribution in [0.3, 0.4) is 0 Å². The number of halogens is 1. The summed E-state index contributed by atoms with van der Waals surface area (Å²) in [5.74, 6) is -0.244. The number of nitrogens with zero attached hydrogens (tertiary/aromatic N) is 2. The van der Waals surface area contributed by atoms with Gasteiger partial charge in [0.25, 0.3) is 0 Å². The summed E-state index contributed by atoms with van der Waals surface area (Å²) >= 11 is 0. The summed E-state index contributed by atoms with van der Waals surface area (Å²) in [5.41, 5.74) is 5.93. The Bertz CT molecular complexity index is 706. The van der Waals surface area contributed by atoms with Crippen LogP contribution >= 0.6 is 0 Å². The van der Waals surface area contributed by atoms with E-state index in [0.29, 0.717) is 6.04 Å². The van der Waals surface area contributed by atoms with Crippen molar-refractivity contribution in [3.05, 3.63) is 71.8 Å². The standard InChI is InChI=1S/C20H25FN4O/c1-26-24-19(16-4-6-18(21)7-5-16)3-2-13-25-14-12-23-15-20(25)17-8-10-22-11-9-17/h3-11,20,23-24H,2,12-15H2,1H3. The minimum absolute atomic E-state index is 0.244. The van der Waals surface area contributed by atoms with Gasteiger partial charge in [-0.15, -0.1) is 0 Å². The molecule has 138 valence electrons. The van der Waals surface area contributed by atoms with Gasteiger partial charge in [0.15, 0.2) is 0 Å². The SMILES string of the molecule is CONC(=CCCN1CCNCC1c1ccncc1)c1ccc(F)cc1. The highest BCUT2D eigenvalue weighted by Gasteiger charge is 2.22. The van der Waals surface area contributed by atoms with Crippen LogP contribution in [0.4, 0.5) is 4.39 Å². The minimum Gasteiger partial charge on any atom is -0.314 e. The predicted octanol–water partition coefficient (Wildman–Crippen LogP) is 2.75. The van der Waals surface area contributed by atoms with Gasteiger partial charge in [-0.25, -0.2) is 4.39 Å². The number of benzene rings is 1. The van der Waals surface area contributed by atoms with Crippen molar-refractivity contribution in [3.63, 3.8) is 0 Å². The topological polar surface area (TPSA) is 49.4 Å². The van der Waals surface area contributed by atoms with Crippen LogP contribution in [0.15, 0.2) is 54.9 Å². The minimum atomic E-state index is -0.244. The molecule has 1 aliphatic heterocycles. The van der Waals surface area contributed by atoms with Crippen LogP contribution in [0.25, 0.3) is 5.70 Å². The summed E-state index contributed by atoms with van der Waals surface area (Å²) in [6.07, 6.45) is 6.65. The molecule has 1 aromatic carbocycles. The molecule has 1 fully saturated rings. The lowest BCUT2D eigenvalue weighted by Crippen LogP contribution is -2.46. The van der Waals surface area contributed by atoms with Crippen molar-refractivity contribution in [3.8, 4) is 0 Å². The van der Waals surface area contributed by atoms with Gasteiger partial charge in [-0.3, -0.25) is 20.2 Å². The Kier molecular flexibility index (Phi) is 6.71. The molecule has 2 aromatic rings. The normalized spacial score (nSPS) is 18.7. The fourth-order valence-corrected chi connectivity index (χ4v) is 3.26. The van der Waals surface area contributed by atoms with Crippen LogP contribution in [0.1, 0.15) is 23.6 Å². The van der Waals surface area contributed by atoms with E-state index >= 15 is 0 Å². The second-order valence-electron chi connectivity index (χ2n) is 6.26. The van der Waals surface area contributed by atoms with Gasteiger partial charge in [0.2, 0.25) is 0 Å². The number of hydrogen-bond acceptors (Lipinski definition) is 5. The molecule has 2 N–H and O–H groups in total. The molecule has 1 unspecified atom stereocenters. The maximum atomic E-state index is 13.1. The number of nitrogens with one attached hydrogen (secondary N) is 2. The predicted molar refractivity (Wildman–Crippen MR) is 101 cm³/mol. The van der Waals surface area contributed by atoms with Crippen LogP contribution in [0, 0.1) is 5.82 Å². The lowest BCUT2D eigenvalue weighted by molar-refractivity contribution is 0.136. The van der Waals surface area contributed by atoms with Crippen molar-refractivity contribution >= 4 is 5.70 Å². The second kappa shape index (κ2) is 9.43. The number of hydroxylamine groups is 1. The van der Waals surface area contributed by atoms with E-state index in [2.05, 4.69) is 38.9 Å². The average Bonchev–Trinajstić information content (AvgIpc) is 2.69. The molecule has 5 nitrogen and oxygen atoms in total. The van der Waals surface area contributed by atoms with E-state index < -0.39 is 0 Å². The zero-order valence-electron chi connectivity index (χ0n) is 15.0. The molecule has 1 aliphatic rings. The second-order valence-corrected chi connectivity index (χ2v) is 6.26. The van der Waals surface area contributed by atoms with Gasteiger partial charge in [-0.05, 0) is 53.9 Å².